The molecule has 10 heteroatoms. The Morgan fingerprint density at radius 3 is 1.29 bits per heavy atom. The number of amides is 1. The number of carbonyl (C=O) groups excluding carboxylic acids is 2. The molecular weight excluding hydrogens is 964 g/mol. The molecule has 0 aliphatic rings. The van der Waals surface area contributed by atoms with Crippen molar-refractivity contribution in [3.63, 3.8) is 0 Å². The molecule has 440 valence electrons. The number of phosphoric acid groups is 1. The van der Waals surface area contributed by atoms with Crippen LogP contribution in [-0.4, -0.2) is 69.4 Å². The number of hydrogen-bond acceptors (Lipinski definition) is 7. The predicted molar refractivity (Wildman–Crippen MR) is 325 cm³/mol. The molecule has 76 heavy (non-hydrogen) atoms. The second kappa shape index (κ2) is 55.5. The number of likely N-dealkylation sites (N-methyl/N-ethyl adjacent to an activating group) is 1. The maximum atomic E-state index is 13.5. The Bertz CT molecular complexity index is 1580. The van der Waals surface area contributed by atoms with E-state index in [-0.39, 0.29) is 31.3 Å². The molecule has 0 rings (SSSR count). The molecule has 0 saturated carbocycles. The summed E-state index contributed by atoms with van der Waals surface area (Å²) in [5.74, 6) is -0.636. The second-order valence-electron chi connectivity index (χ2n) is 22.2. The van der Waals surface area contributed by atoms with Gasteiger partial charge >= 0.3 is 5.97 Å². The van der Waals surface area contributed by atoms with Crippen molar-refractivity contribution >= 4 is 19.7 Å². The van der Waals surface area contributed by atoms with Crippen LogP contribution < -0.4 is 10.2 Å². The van der Waals surface area contributed by atoms with E-state index in [9.17, 15) is 19.0 Å². The van der Waals surface area contributed by atoms with E-state index in [2.05, 4.69) is 86.8 Å². The predicted octanol–water partition coefficient (Wildman–Crippen LogP) is 18.8. The maximum Gasteiger partial charge on any atom is 0.306 e. The number of hydrogen-bond donors (Lipinski definition) is 1. The molecule has 1 amide bonds. The van der Waals surface area contributed by atoms with E-state index < -0.39 is 26.6 Å². The number of rotatable bonds is 56. The number of carbonyl (C=O) groups is 2. The first kappa shape index (κ1) is 73.2. The molecule has 0 aromatic rings. The Labute approximate surface area is 469 Å². The second-order valence-corrected chi connectivity index (χ2v) is 23.6. The summed E-state index contributed by atoms with van der Waals surface area (Å²) >= 11 is 0. The van der Waals surface area contributed by atoms with Crippen LogP contribution in [0.5, 0.6) is 0 Å². The van der Waals surface area contributed by atoms with Crippen LogP contribution in [-0.2, 0) is 27.9 Å². The van der Waals surface area contributed by atoms with E-state index in [1.165, 1.54) is 161 Å². The highest BCUT2D eigenvalue weighted by atomic mass is 31.2. The van der Waals surface area contributed by atoms with Crippen molar-refractivity contribution in [2.24, 2.45) is 0 Å². The zero-order valence-electron chi connectivity index (χ0n) is 50.2. The first-order valence-electron chi connectivity index (χ1n) is 31.4. The molecule has 0 saturated heterocycles. The zero-order chi connectivity index (χ0) is 55.7. The van der Waals surface area contributed by atoms with Crippen LogP contribution in [0.3, 0.4) is 0 Å². The Morgan fingerprint density at radius 2 is 0.855 bits per heavy atom. The summed E-state index contributed by atoms with van der Waals surface area (Å²) in [6, 6.07) is -0.931. The Balaban J connectivity index is 5.33. The number of nitrogens with one attached hydrogen (secondary N) is 1. The van der Waals surface area contributed by atoms with E-state index in [1.807, 2.05) is 45.4 Å². The minimum Gasteiger partial charge on any atom is -0.756 e. The van der Waals surface area contributed by atoms with Crippen molar-refractivity contribution in [3.8, 4) is 0 Å². The van der Waals surface area contributed by atoms with Gasteiger partial charge in [-0.25, -0.2) is 0 Å². The third-order valence-corrected chi connectivity index (χ3v) is 14.5. The van der Waals surface area contributed by atoms with Gasteiger partial charge in [-0.2, -0.15) is 0 Å². The van der Waals surface area contributed by atoms with Gasteiger partial charge < -0.3 is 28.5 Å². The van der Waals surface area contributed by atoms with Gasteiger partial charge in [-0.1, -0.05) is 254 Å². The van der Waals surface area contributed by atoms with Crippen LogP contribution in [0.2, 0.25) is 0 Å². The number of esters is 1. The van der Waals surface area contributed by atoms with Crippen molar-refractivity contribution in [2.45, 2.75) is 283 Å². The summed E-state index contributed by atoms with van der Waals surface area (Å²) in [7, 11) is 1.14. The summed E-state index contributed by atoms with van der Waals surface area (Å²) in [5.41, 5.74) is 0. The minimum absolute atomic E-state index is 0.0382. The lowest BCUT2D eigenvalue weighted by molar-refractivity contribution is -0.870. The molecular formula is C66H119N2O7P. The molecule has 0 fully saturated rings. The lowest BCUT2D eigenvalue weighted by atomic mass is 10.0. The standard InChI is InChI=1S/C66H119N2O7P/c1-7-10-13-16-19-22-25-28-30-32-33-34-35-36-38-41-44-47-50-53-56-59-66(70)75-64(57-54-51-48-45-42-39-27-24-21-18-15-12-9-3)63(62-74-76(71,72)73-61-60-68(4,5)6)67-65(69)58-55-52-49-46-43-40-37-31-29-26-23-20-17-14-11-8-2/h11,14,20,23,28-31,40,43,49,52,54,57,63-64H,7-10,12-13,15-19,21-22,24-27,32-39,41-42,44-48,50-51,53,55-56,58-62H2,1-6H3,(H-,67,69,71,72)/b14-11+,23-20+,30-28+,31-29+,43-40+,52-49+,57-54+. The Hall–Kier alpha value is -2.81. The highest BCUT2D eigenvalue weighted by Crippen LogP contribution is 2.38. The largest absolute Gasteiger partial charge is 0.756 e. The van der Waals surface area contributed by atoms with E-state index >= 15 is 0 Å². The lowest BCUT2D eigenvalue weighted by Gasteiger charge is -2.30. The summed E-state index contributed by atoms with van der Waals surface area (Å²) in [6.45, 7) is 6.68. The van der Waals surface area contributed by atoms with Gasteiger partial charge in [0.05, 0.1) is 33.8 Å². The van der Waals surface area contributed by atoms with Crippen molar-refractivity contribution in [3.05, 3.63) is 85.1 Å². The number of ether oxygens (including phenoxy) is 1. The molecule has 0 aromatic heterocycles. The number of quaternary nitrogens is 1. The van der Waals surface area contributed by atoms with Gasteiger partial charge in [0, 0.05) is 12.8 Å². The number of nitrogens with zero attached hydrogens (tertiary/aromatic N) is 1. The molecule has 1 N–H and O–H groups in total. The molecule has 0 aliphatic heterocycles. The van der Waals surface area contributed by atoms with E-state index in [1.54, 1.807) is 0 Å². The fourth-order valence-electron chi connectivity index (χ4n) is 8.74. The van der Waals surface area contributed by atoms with Crippen LogP contribution in [0.1, 0.15) is 271 Å². The van der Waals surface area contributed by atoms with E-state index in [4.69, 9.17) is 13.8 Å². The van der Waals surface area contributed by atoms with Gasteiger partial charge in [0.2, 0.25) is 5.91 Å². The number of phosphoric ester groups is 1. The lowest BCUT2D eigenvalue weighted by Crippen LogP contribution is -2.47. The molecule has 0 radical (unpaired) electrons. The van der Waals surface area contributed by atoms with Gasteiger partial charge in [0.15, 0.2) is 0 Å². The summed E-state index contributed by atoms with van der Waals surface area (Å²) in [6.07, 6.45) is 72.9. The summed E-state index contributed by atoms with van der Waals surface area (Å²) in [4.78, 5) is 40.0. The van der Waals surface area contributed by atoms with Crippen molar-refractivity contribution < 1.29 is 37.3 Å². The van der Waals surface area contributed by atoms with Gasteiger partial charge in [-0.15, -0.1) is 0 Å². The highest BCUT2D eigenvalue weighted by Gasteiger charge is 2.27. The van der Waals surface area contributed by atoms with Crippen molar-refractivity contribution in [2.75, 3.05) is 40.9 Å². The number of allylic oxidation sites excluding steroid dienone is 13. The fourth-order valence-corrected chi connectivity index (χ4v) is 9.46. The van der Waals surface area contributed by atoms with Crippen LogP contribution in [0, 0.1) is 0 Å². The third kappa shape index (κ3) is 55.9. The van der Waals surface area contributed by atoms with Crippen LogP contribution in [0.15, 0.2) is 85.1 Å². The van der Waals surface area contributed by atoms with Crippen LogP contribution >= 0.6 is 7.82 Å². The molecule has 0 bridgehead atoms. The number of unbranched alkanes of at least 4 members (excludes halogenated alkanes) is 28. The Morgan fingerprint density at radius 1 is 0.474 bits per heavy atom. The first-order valence-corrected chi connectivity index (χ1v) is 32.9. The summed E-state index contributed by atoms with van der Waals surface area (Å²) in [5, 5.41) is 2.98. The fraction of sp³-hybridized carbons (Fsp3) is 0.758. The highest BCUT2D eigenvalue weighted by molar-refractivity contribution is 7.45. The van der Waals surface area contributed by atoms with Gasteiger partial charge in [0.25, 0.3) is 7.82 Å². The van der Waals surface area contributed by atoms with Gasteiger partial charge in [-0.05, 0) is 89.5 Å². The topological polar surface area (TPSA) is 114 Å². The first-order chi connectivity index (χ1) is 36.9. The summed E-state index contributed by atoms with van der Waals surface area (Å²) < 4.78 is 30.3. The monoisotopic (exact) mass is 1080 g/mol. The molecule has 0 aliphatic carbocycles. The average molecular weight is 1080 g/mol. The van der Waals surface area contributed by atoms with Gasteiger partial charge in [0.1, 0.15) is 19.3 Å². The molecule has 0 spiro atoms. The molecule has 3 atom stereocenters. The average Bonchev–Trinajstić information content (AvgIpc) is 3.38. The maximum absolute atomic E-state index is 13.5. The molecule has 0 aromatic carbocycles. The molecule has 9 nitrogen and oxygen atoms in total. The van der Waals surface area contributed by atoms with Crippen molar-refractivity contribution in [1.29, 1.82) is 0 Å². The van der Waals surface area contributed by atoms with E-state index in [0.717, 1.165) is 70.6 Å². The zero-order valence-corrected chi connectivity index (χ0v) is 51.1. The van der Waals surface area contributed by atoms with Gasteiger partial charge in [-0.3, -0.25) is 14.2 Å². The normalized spacial score (nSPS) is 14.2. The smallest absolute Gasteiger partial charge is 0.306 e. The van der Waals surface area contributed by atoms with E-state index in [0.29, 0.717) is 17.4 Å². The van der Waals surface area contributed by atoms with Crippen LogP contribution in [0.25, 0.3) is 0 Å². The SMILES string of the molecule is CC/C=C/C/C=C/C/C=C/C/C=C/C/C=C/CCC(=O)NC(COP(=O)([O-])OCC[N+](C)(C)C)C(/C=C/CCCCCCCCCCCCC)OC(=O)CCCCCCCCCCCCC/C=C/CCCCCCCC. The molecule has 3 unspecified atom stereocenters. The third-order valence-electron chi connectivity index (χ3n) is 13.6. The Kier molecular flexibility index (Phi) is 53.5. The minimum atomic E-state index is -4.72. The van der Waals surface area contributed by atoms with Crippen LogP contribution in [0.4, 0.5) is 0 Å². The quantitative estimate of drug-likeness (QED) is 0.0212. The molecule has 0 heterocycles. The van der Waals surface area contributed by atoms with Crippen molar-refractivity contribution in [1.82, 2.24) is 5.32 Å².